The van der Waals surface area contributed by atoms with Crippen LogP contribution >= 0.6 is 11.6 Å². The van der Waals surface area contributed by atoms with E-state index in [9.17, 15) is 18.0 Å². The minimum atomic E-state index is -3.14. The molecule has 1 fully saturated rings. The van der Waals surface area contributed by atoms with E-state index in [1.54, 1.807) is 37.3 Å². The molecular weight excluding hydrogens is 464 g/mol. The van der Waals surface area contributed by atoms with Crippen molar-refractivity contribution in [3.63, 3.8) is 0 Å². The van der Waals surface area contributed by atoms with Gasteiger partial charge < -0.3 is 9.64 Å². The van der Waals surface area contributed by atoms with Gasteiger partial charge in [0, 0.05) is 28.6 Å². The van der Waals surface area contributed by atoms with Crippen molar-refractivity contribution in [1.82, 2.24) is 9.88 Å². The predicted molar refractivity (Wildman–Crippen MR) is 127 cm³/mol. The summed E-state index contributed by atoms with van der Waals surface area (Å²) in [5.74, 6) is -1.07. The van der Waals surface area contributed by atoms with Crippen molar-refractivity contribution in [1.29, 1.82) is 0 Å². The number of hydrogen-bond acceptors (Lipinski definition) is 6. The zero-order chi connectivity index (χ0) is 23.6. The Labute approximate surface area is 197 Å². The van der Waals surface area contributed by atoms with Gasteiger partial charge in [-0.15, -0.1) is 0 Å². The van der Waals surface area contributed by atoms with Crippen LogP contribution in [-0.2, 0) is 19.4 Å². The molecule has 33 heavy (non-hydrogen) atoms. The number of halogens is 1. The number of benzene rings is 2. The third-order valence-electron chi connectivity index (χ3n) is 5.72. The summed E-state index contributed by atoms with van der Waals surface area (Å²) >= 11 is 6.33. The Morgan fingerprint density at radius 3 is 2.58 bits per heavy atom. The second-order valence-corrected chi connectivity index (χ2v) is 10.5. The highest BCUT2D eigenvalue weighted by Crippen LogP contribution is 2.30. The lowest BCUT2D eigenvalue weighted by molar-refractivity contribution is -0.136. The van der Waals surface area contributed by atoms with E-state index in [4.69, 9.17) is 16.3 Å². The van der Waals surface area contributed by atoms with Crippen molar-refractivity contribution in [2.45, 2.75) is 19.4 Å². The van der Waals surface area contributed by atoms with Crippen molar-refractivity contribution >= 4 is 44.2 Å². The summed E-state index contributed by atoms with van der Waals surface area (Å²) in [5, 5.41) is 1.10. The number of nitrogens with zero attached hydrogens (tertiary/aromatic N) is 2. The van der Waals surface area contributed by atoms with Gasteiger partial charge in [-0.25, -0.2) is 18.2 Å². The summed E-state index contributed by atoms with van der Waals surface area (Å²) in [6.45, 7) is 1.64. The molecule has 0 unspecified atom stereocenters. The van der Waals surface area contributed by atoms with Crippen LogP contribution in [0.5, 0.6) is 0 Å². The van der Waals surface area contributed by atoms with Crippen molar-refractivity contribution in [3.8, 4) is 11.3 Å². The van der Waals surface area contributed by atoms with Crippen LogP contribution < -0.4 is 0 Å². The summed E-state index contributed by atoms with van der Waals surface area (Å²) in [6.07, 6.45) is 0.395. The van der Waals surface area contributed by atoms with Gasteiger partial charge in [-0.05, 0) is 31.5 Å². The number of ether oxygens (including phenoxy) is 1. The van der Waals surface area contributed by atoms with Gasteiger partial charge in [-0.2, -0.15) is 0 Å². The molecule has 1 saturated heterocycles. The second-order valence-electron chi connectivity index (χ2n) is 7.86. The Kier molecular flexibility index (Phi) is 6.67. The molecule has 9 heteroatoms. The third kappa shape index (κ3) is 5.02. The van der Waals surface area contributed by atoms with E-state index in [0.29, 0.717) is 40.1 Å². The first-order chi connectivity index (χ1) is 15.8. The van der Waals surface area contributed by atoms with Gasteiger partial charge in [0.25, 0.3) is 5.91 Å². The van der Waals surface area contributed by atoms with Crippen molar-refractivity contribution in [2.24, 2.45) is 0 Å². The molecule has 0 saturated carbocycles. The van der Waals surface area contributed by atoms with E-state index in [2.05, 4.69) is 4.98 Å². The number of amides is 1. The van der Waals surface area contributed by atoms with Crippen molar-refractivity contribution < 1.29 is 22.7 Å². The Bertz CT molecular complexity index is 1330. The molecule has 0 spiro atoms. The highest BCUT2D eigenvalue weighted by molar-refractivity contribution is 7.91. The molecule has 7 nitrogen and oxygen atoms in total. The summed E-state index contributed by atoms with van der Waals surface area (Å²) in [4.78, 5) is 31.8. The topological polar surface area (TPSA) is 93.6 Å². The number of pyridine rings is 1. The van der Waals surface area contributed by atoms with Gasteiger partial charge in [0.15, 0.2) is 16.4 Å². The number of aromatic nitrogens is 1. The molecule has 1 aromatic heterocycles. The van der Waals surface area contributed by atoms with Crippen LogP contribution in [0, 0.1) is 0 Å². The summed E-state index contributed by atoms with van der Waals surface area (Å²) < 4.78 is 29.0. The molecule has 1 amide bonds. The number of fused-ring (bicyclic) bond motifs is 1. The van der Waals surface area contributed by atoms with Crippen LogP contribution in [0.15, 0.2) is 54.6 Å². The average molecular weight is 487 g/mol. The minimum Gasteiger partial charge on any atom is -0.452 e. The van der Waals surface area contributed by atoms with Crippen molar-refractivity contribution in [2.75, 3.05) is 24.7 Å². The normalized spacial score (nSPS) is 17.1. The Balaban J connectivity index is 1.58. The molecule has 3 aromatic rings. The molecule has 172 valence electrons. The molecular formula is C24H23ClN2O5S. The first kappa shape index (κ1) is 23.2. The van der Waals surface area contributed by atoms with E-state index in [0.717, 1.165) is 0 Å². The lowest BCUT2D eigenvalue weighted by Gasteiger charge is -2.26. The van der Waals surface area contributed by atoms with Gasteiger partial charge in [0.1, 0.15) is 0 Å². The molecule has 2 heterocycles. The summed E-state index contributed by atoms with van der Waals surface area (Å²) in [5.41, 5.74) is 2.06. The molecule has 1 aliphatic heterocycles. The number of carbonyl (C=O) groups excluding carboxylic acids is 2. The van der Waals surface area contributed by atoms with Crippen LogP contribution in [0.25, 0.3) is 22.2 Å². The molecule has 4 rings (SSSR count). The van der Waals surface area contributed by atoms with Gasteiger partial charge in [-0.1, -0.05) is 48.0 Å². The molecule has 1 aliphatic rings. The molecule has 0 N–H and O–H groups in total. The fourth-order valence-corrected chi connectivity index (χ4v) is 6.06. The largest absolute Gasteiger partial charge is 0.452 e. The SMILES string of the molecule is CCN(C(=O)COC(=O)c1cc(-c2ccccc2Cl)nc2ccccc12)[C@H]1CCS(=O)(=O)C1. The van der Waals surface area contributed by atoms with Crippen LogP contribution in [0.3, 0.4) is 0 Å². The lowest BCUT2D eigenvalue weighted by atomic mass is 10.0. The molecule has 2 aromatic carbocycles. The van der Waals surface area contributed by atoms with E-state index in [1.807, 2.05) is 24.3 Å². The molecule has 0 radical (unpaired) electrons. The predicted octanol–water partition coefficient (Wildman–Crippen LogP) is 3.75. The zero-order valence-electron chi connectivity index (χ0n) is 18.0. The highest BCUT2D eigenvalue weighted by Gasteiger charge is 2.34. The maximum Gasteiger partial charge on any atom is 0.339 e. The monoisotopic (exact) mass is 486 g/mol. The van der Waals surface area contributed by atoms with E-state index in [1.165, 1.54) is 4.90 Å². The number of carbonyl (C=O) groups is 2. The number of sulfone groups is 1. The summed E-state index contributed by atoms with van der Waals surface area (Å²) in [7, 11) is -3.14. The second kappa shape index (κ2) is 9.49. The number of likely N-dealkylation sites (N-methyl/N-ethyl adjacent to an activating group) is 1. The molecule has 1 atom stereocenters. The number of esters is 1. The van der Waals surface area contributed by atoms with Gasteiger partial charge in [-0.3, -0.25) is 4.79 Å². The molecule has 0 bridgehead atoms. The number of hydrogen-bond donors (Lipinski definition) is 0. The molecule has 0 aliphatic carbocycles. The van der Waals surface area contributed by atoms with Crippen LogP contribution in [0.4, 0.5) is 0 Å². The van der Waals surface area contributed by atoms with Gasteiger partial charge in [0.2, 0.25) is 0 Å². The lowest BCUT2D eigenvalue weighted by Crippen LogP contribution is -2.43. The van der Waals surface area contributed by atoms with E-state index in [-0.39, 0.29) is 23.1 Å². The van der Waals surface area contributed by atoms with Crippen LogP contribution in [0.1, 0.15) is 23.7 Å². The maximum atomic E-state index is 13.0. The zero-order valence-corrected chi connectivity index (χ0v) is 19.6. The fourth-order valence-electron chi connectivity index (χ4n) is 4.10. The minimum absolute atomic E-state index is 0.0588. The first-order valence-corrected chi connectivity index (χ1v) is 12.8. The first-order valence-electron chi connectivity index (χ1n) is 10.6. The highest BCUT2D eigenvalue weighted by atomic mass is 35.5. The summed E-state index contributed by atoms with van der Waals surface area (Å²) in [6, 6.07) is 15.6. The maximum absolute atomic E-state index is 13.0. The Morgan fingerprint density at radius 2 is 1.88 bits per heavy atom. The Hall–Kier alpha value is -2.97. The van der Waals surface area contributed by atoms with Crippen LogP contribution in [-0.4, -0.2) is 60.9 Å². The standard InChI is InChI=1S/C24H23ClN2O5S/c1-2-27(16-11-12-33(30,31)15-16)23(28)14-32-24(29)19-13-22(18-8-3-5-9-20(18)25)26-21-10-6-4-7-17(19)21/h3-10,13,16H,2,11-12,14-15H2,1H3/t16-/m0/s1. The van der Waals surface area contributed by atoms with Crippen molar-refractivity contribution in [3.05, 3.63) is 65.2 Å². The third-order valence-corrected chi connectivity index (χ3v) is 7.80. The smallest absolute Gasteiger partial charge is 0.339 e. The van der Waals surface area contributed by atoms with E-state index < -0.39 is 28.3 Å². The number of para-hydroxylation sites is 1. The quantitative estimate of drug-likeness (QED) is 0.492. The van der Waals surface area contributed by atoms with Crippen LogP contribution in [0.2, 0.25) is 5.02 Å². The van der Waals surface area contributed by atoms with Gasteiger partial charge in [0.05, 0.1) is 28.3 Å². The fraction of sp³-hybridized carbons (Fsp3) is 0.292. The van der Waals surface area contributed by atoms with Gasteiger partial charge >= 0.3 is 5.97 Å². The average Bonchev–Trinajstić information content (AvgIpc) is 3.16. The Morgan fingerprint density at radius 1 is 1.15 bits per heavy atom. The van der Waals surface area contributed by atoms with E-state index >= 15 is 0 Å². The number of rotatable bonds is 6.